The molecule has 0 radical (unpaired) electrons. The van der Waals surface area contributed by atoms with Gasteiger partial charge in [-0.15, -0.1) is 0 Å². The number of hydrogen-bond acceptors (Lipinski definition) is 3. The first-order chi connectivity index (χ1) is 10.9. The average Bonchev–Trinajstić information content (AvgIpc) is 2.50. The lowest BCUT2D eigenvalue weighted by Gasteiger charge is -2.37. The van der Waals surface area contributed by atoms with E-state index in [-0.39, 0.29) is 12.6 Å². The number of nitrogens with zero attached hydrogens (tertiary/aromatic N) is 1. The van der Waals surface area contributed by atoms with Crippen LogP contribution in [0.1, 0.15) is 42.5 Å². The van der Waals surface area contributed by atoms with Gasteiger partial charge in [-0.1, -0.05) is 25.1 Å². The second-order valence-corrected chi connectivity index (χ2v) is 6.05. The van der Waals surface area contributed by atoms with Crippen LogP contribution in [0.15, 0.2) is 18.2 Å². The summed E-state index contributed by atoms with van der Waals surface area (Å²) in [6, 6.07) is 5.92. The van der Waals surface area contributed by atoms with Crippen molar-refractivity contribution in [2.24, 2.45) is 0 Å². The molecule has 0 aliphatic carbocycles. The van der Waals surface area contributed by atoms with Crippen LogP contribution in [-0.2, 0) is 13.0 Å². The third-order valence-corrected chi connectivity index (χ3v) is 4.29. The van der Waals surface area contributed by atoms with E-state index in [0.717, 1.165) is 36.2 Å². The molecule has 23 heavy (non-hydrogen) atoms. The maximum Gasteiger partial charge on any atom is 0.401 e. The van der Waals surface area contributed by atoms with Crippen molar-refractivity contribution in [2.45, 2.75) is 44.9 Å². The van der Waals surface area contributed by atoms with Crippen molar-refractivity contribution < 1.29 is 18.3 Å². The highest BCUT2D eigenvalue weighted by atomic mass is 19.4. The highest BCUT2D eigenvalue weighted by molar-refractivity contribution is 5.36. The lowest BCUT2D eigenvalue weighted by Crippen LogP contribution is -2.41. The summed E-state index contributed by atoms with van der Waals surface area (Å²) in [4.78, 5) is 1.54. The zero-order chi connectivity index (χ0) is 16.9. The Morgan fingerprint density at radius 2 is 2.13 bits per heavy atom. The van der Waals surface area contributed by atoms with Gasteiger partial charge >= 0.3 is 6.18 Å². The number of hydrogen-bond donors (Lipinski definition) is 2. The second kappa shape index (κ2) is 8.13. The van der Waals surface area contributed by atoms with E-state index < -0.39 is 12.7 Å². The van der Waals surface area contributed by atoms with Gasteiger partial charge < -0.3 is 10.4 Å². The van der Waals surface area contributed by atoms with Crippen molar-refractivity contribution >= 4 is 0 Å². The van der Waals surface area contributed by atoms with E-state index in [9.17, 15) is 13.2 Å². The Labute approximate surface area is 135 Å². The summed E-state index contributed by atoms with van der Waals surface area (Å²) in [7, 11) is 0. The van der Waals surface area contributed by atoms with Gasteiger partial charge in [-0.2, -0.15) is 13.2 Å². The summed E-state index contributed by atoms with van der Waals surface area (Å²) in [5.41, 5.74) is 3.33. The predicted molar refractivity (Wildman–Crippen MR) is 84.2 cm³/mol. The zero-order valence-electron chi connectivity index (χ0n) is 13.5. The van der Waals surface area contributed by atoms with Gasteiger partial charge in [0.05, 0.1) is 6.54 Å². The van der Waals surface area contributed by atoms with Gasteiger partial charge in [-0.25, -0.2) is 0 Å². The molecule has 3 nitrogen and oxygen atoms in total. The fourth-order valence-electron chi connectivity index (χ4n) is 3.26. The molecule has 2 N–H and O–H groups in total. The van der Waals surface area contributed by atoms with Crippen LogP contribution < -0.4 is 5.32 Å². The average molecular weight is 330 g/mol. The van der Waals surface area contributed by atoms with Crippen molar-refractivity contribution in [1.82, 2.24) is 10.2 Å². The minimum Gasteiger partial charge on any atom is -0.396 e. The van der Waals surface area contributed by atoms with E-state index in [4.69, 9.17) is 5.11 Å². The molecule has 0 fully saturated rings. The largest absolute Gasteiger partial charge is 0.401 e. The van der Waals surface area contributed by atoms with Gasteiger partial charge in [0.2, 0.25) is 0 Å². The molecule has 1 aliphatic rings. The molecular weight excluding hydrogens is 305 g/mol. The summed E-state index contributed by atoms with van der Waals surface area (Å²) in [6.45, 7) is 3.20. The van der Waals surface area contributed by atoms with Gasteiger partial charge in [-0.3, -0.25) is 4.90 Å². The van der Waals surface area contributed by atoms with Crippen LogP contribution >= 0.6 is 0 Å². The van der Waals surface area contributed by atoms with Crippen LogP contribution in [0.5, 0.6) is 0 Å². The molecule has 6 heteroatoms. The Morgan fingerprint density at radius 3 is 2.78 bits per heavy atom. The van der Waals surface area contributed by atoms with Crippen LogP contribution in [0.4, 0.5) is 13.2 Å². The molecule has 1 heterocycles. The fourth-order valence-corrected chi connectivity index (χ4v) is 3.26. The van der Waals surface area contributed by atoms with E-state index >= 15 is 0 Å². The number of nitrogens with one attached hydrogen (secondary N) is 1. The molecule has 0 saturated carbocycles. The van der Waals surface area contributed by atoms with Gasteiger partial charge in [0.1, 0.15) is 0 Å². The van der Waals surface area contributed by atoms with Crippen molar-refractivity contribution in [3.8, 4) is 0 Å². The lowest BCUT2D eigenvalue weighted by molar-refractivity contribution is -0.152. The number of halogens is 3. The van der Waals surface area contributed by atoms with Crippen LogP contribution in [-0.4, -0.2) is 42.4 Å². The van der Waals surface area contributed by atoms with Crippen molar-refractivity contribution in [1.29, 1.82) is 0 Å². The molecule has 0 amide bonds. The first-order valence-electron chi connectivity index (χ1n) is 8.18. The normalized spacial score (nSPS) is 18.9. The summed E-state index contributed by atoms with van der Waals surface area (Å²) >= 11 is 0. The highest BCUT2D eigenvalue weighted by Crippen LogP contribution is 2.34. The van der Waals surface area contributed by atoms with Gasteiger partial charge in [-0.05, 0) is 42.5 Å². The first kappa shape index (κ1) is 18.2. The van der Waals surface area contributed by atoms with E-state index in [1.54, 1.807) is 4.90 Å². The number of fused-ring (bicyclic) bond motifs is 1. The Kier molecular flexibility index (Phi) is 6.44. The standard InChI is InChI=1S/C17H25F3N2O/c1-2-16-15-5-4-13(11-21-7-3-9-23)10-14(15)6-8-22(16)12-17(18,19)20/h4-5,10,16,21,23H,2-3,6-9,11-12H2,1H3. The zero-order valence-corrected chi connectivity index (χ0v) is 13.5. The molecule has 1 atom stereocenters. The molecule has 0 bridgehead atoms. The van der Waals surface area contributed by atoms with Crippen molar-refractivity contribution in [2.75, 3.05) is 26.2 Å². The molecule has 1 aromatic rings. The molecule has 1 aromatic carbocycles. The molecular formula is C17H25F3N2O. The third kappa shape index (κ3) is 5.19. The molecule has 1 unspecified atom stereocenters. The minimum absolute atomic E-state index is 0.156. The molecule has 2 rings (SSSR count). The number of rotatable bonds is 7. The monoisotopic (exact) mass is 330 g/mol. The van der Waals surface area contributed by atoms with E-state index in [2.05, 4.69) is 11.4 Å². The maximum atomic E-state index is 12.7. The van der Waals surface area contributed by atoms with E-state index in [1.165, 1.54) is 0 Å². The number of aliphatic hydroxyl groups is 1. The van der Waals surface area contributed by atoms with E-state index in [1.807, 2.05) is 19.1 Å². The quantitative estimate of drug-likeness (QED) is 0.755. The molecule has 0 aromatic heterocycles. The molecule has 0 saturated heterocycles. The Bertz CT molecular complexity index is 505. The van der Waals surface area contributed by atoms with Gasteiger partial charge in [0.25, 0.3) is 0 Å². The van der Waals surface area contributed by atoms with E-state index in [0.29, 0.717) is 19.4 Å². The number of aliphatic hydroxyl groups excluding tert-OH is 1. The maximum absolute atomic E-state index is 12.7. The molecule has 130 valence electrons. The summed E-state index contributed by atoms with van der Waals surface area (Å²) in [6.07, 6.45) is -2.10. The second-order valence-electron chi connectivity index (χ2n) is 6.05. The Morgan fingerprint density at radius 1 is 1.35 bits per heavy atom. The number of alkyl halides is 3. The minimum atomic E-state index is -4.15. The van der Waals surface area contributed by atoms with Crippen LogP contribution in [0.25, 0.3) is 0 Å². The summed E-state index contributed by atoms with van der Waals surface area (Å²) in [5.74, 6) is 0. The summed E-state index contributed by atoms with van der Waals surface area (Å²) < 4.78 is 38.2. The van der Waals surface area contributed by atoms with Gasteiger partial charge in [0.15, 0.2) is 0 Å². The third-order valence-electron chi connectivity index (χ3n) is 4.29. The first-order valence-corrected chi connectivity index (χ1v) is 8.18. The van der Waals surface area contributed by atoms with Gasteiger partial charge in [0, 0.05) is 25.7 Å². The highest BCUT2D eigenvalue weighted by Gasteiger charge is 2.36. The van der Waals surface area contributed by atoms with Crippen LogP contribution in [0, 0.1) is 0 Å². The lowest BCUT2D eigenvalue weighted by atomic mass is 9.89. The summed E-state index contributed by atoms with van der Waals surface area (Å²) in [5, 5.41) is 12.0. The molecule has 1 aliphatic heterocycles. The smallest absolute Gasteiger partial charge is 0.396 e. The predicted octanol–water partition coefficient (Wildman–Crippen LogP) is 3.03. The van der Waals surface area contributed by atoms with Crippen molar-refractivity contribution in [3.05, 3.63) is 34.9 Å². The van der Waals surface area contributed by atoms with Crippen LogP contribution in [0.2, 0.25) is 0 Å². The SMILES string of the molecule is CCC1c2ccc(CNCCCO)cc2CCN1CC(F)(F)F. The number of benzene rings is 1. The Balaban J connectivity index is 2.06. The fraction of sp³-hybridized carbons (Fsp3) is 0.647. The topological polar surface area (TPSA) is 35.5 Å². The Hall–Kier alpha value is -1.11. The molecule has 0 spiro atoms. The van der Waals surface area contributed by atoms with Crippen molar-refractivity contribution in [3.63, 3.8) is 0 Å². The van der Waals surface area contributed by atoms with Crippen LogP contribution in [0.3, 0.4) is 0 Å².